The summed E-state index contributed by atoms with van der Waals surface area (Å²) in [5, 5.41) is 4.90. The van der Waals surface area contributed by atoms with E-state index in [2.05, 4.69) is 29.0 Å². The molecule has 0 aliphatic carbocycles. The molecule has 5 rings (SSSR count). The van der Waals surface area contributed by atoms with Gasteiger partial charge in [-0.1, -0.05) is 73.5 Å². The summed E-state index contributed by atoms with van der Waals surface area (Å²) in [4.78, 5) is 13.4. The first-order valence-corrected chi connectivity index (χ1v) is 13.6. The average molecular weight is 503 g/mol. The van der Waals surface area contributed by atoms with E-state index < -0.39 is 15.8 Å². The lowest BCUT2D eigenvalue weighted by molar-refractivity contribution is 0.556. The zero-order chi connectivity index (χ0) is 25.1. The SMILES string of the molecule is O=c1c2ccccc2c2ccc3ccccc3c2n1CCCCCCNS(=O)(=O)c1cccc(F)c1. The highest BCUT2D eigenvalue weighted by atomic mass is 32.2. The standard InChI is InChI=1S/C29H27FN2O3S/c30-22-11-9-12-23(20-22)36(34,35)31-18-7-1-2-8-19-32-28-24-13-4-3-10-21(24)16-17-26(28)25-14-5-6-15-27(25)29(32)33/h3-6,9-17,20,31H,1-2,7-8,18-19H2. The predicted molar refractivity (Wildman–Crippen MR) is 143 cm³/mol. The van der Waals surface area contributed by atoms with Gasteiger partial charge in [-0.25, -0.2) is 17.5 Å². The van der Waals surface area contributed by atoms with E-state index in [0.29, 0.717) is 18.4 Å². The van der Waals surface area contributed by atoms with Gasteiger partial charge in [0.05, 0.1) is 10.4 Å². The second kappa shape index (κ2) is 10.2. The van der Waals surface area contributed by atoms with Crippen molar-refractivity contribution in [2.75, 3.05) is 6.54 Å². The molecule has 7 heteroatoms. The lowest BCUT2D eigenvalue weighted by atomic mass is 10.0. The third kappa shape index (κ3) is 4.76. The van der Waals surface area contributed by atoms with Crippen LogP contribution in [0.3, 0.4) is 0 Å². The van der Waals surface area contributed by atoms with Crippen molar-refractivity contribution in [3.8, 4) is 0 Å². The summed E-state index contributed by atoms with van der Waals surface area (Å²) in [5.41, 5.74) is 0.969. The van der Waals surface area contributed by atoms with Crippen LogP contribution in [0.2, 0.25) is 0 Å². The van der Waals surface area contributed by atoms with Crippen molar-refractivity contribution in [3.05, 3.63) is 101 Å². The summed E-state index contributed by atoms with van der Waals surface area (Å²) in [6.45, 7) is 0.867. The van der Waals surface area contributed by atoms with E-state index >= 15 is 0 Å². The van der Waals surface area contributed by atoms with Gasteiger partial charge in [-0.15, -0.1) is 0 Å². The van der Waals surface area contributed by atoms with Gasteiger partial charge in [0.2, 0.25) is 10.0 Å². The Labute approximate surface area is 209 Å². The first-order chi connectivity index (χ1) is 17.5. The van der Waals surface area contributed by atoms with Gasteiger partial charge in [0, 0.05) is 29.2 Å². The van der Waals surface area contributed by atoms with Gasteiger partial charge in [-0.05, 0) is 47.9 Å². The zero-order valence-electron chi connectivity index (χ0n) is 19.8. The number of benzene rings is 4. The van der Waals surface area contributed by atoms with E-state index in [-0.39, 0.29) is 17.0 Å². The number of unbranched alkanes of at least 4 members (excludes halogenated alkanes) is 3. The molecule has 36 heavy (non-hydrogen) atoms. The number of aryl methyl sites for hydroxylation is 1. The number of hydrogen-bond acceptors (Lipinski definition) is 3. The molecule has 1 aromatic heterocycles. The summed E-state index contributed by atoms with van der Waals surface area (Å²) in [6.07, 6.45) is 3.12. The summed E-state index contributed by atoms with van der Waals surface area (Å²) in [6, 6.07) is 25.0. The number of aromatic nitrogens is 1. The monoisotopic (exact) mass is 502 g/mol. The van der Waals surface area contributed by atoms with Crippen molar-refractivity contribution in [3.63, 3.8) is 0 Å². The second-order valence-electron chi connectivity index (χ2n) is 8.95. The van der Waals surface area contributed by atoms with Crippen LogP contribution in [0.25, 0.3) is 32.4 Å². The number of fused-ring (bicyclic) bond motifs is 5. The molecule has 0 saturated heterocycles. The lowest BCUT2D eigenvalue weighted by Gasteiger charge is -2.15. The minimum absolute atomic E-state index is 0.0114. The Kier molecular flexibility index (Phi) is 6.85. The molecule has 4 aromatic carbocycles. The molecule has 0 unspecified atom stereocenters. The minimum atomic E-state index is -3.73. The van der Waals surface area contributed by atoms with Crippen molar-refractivity contribution in [1.29, 1.82) is 0 Å². The normalized spacial score (nSPS) is 12.0. The highest BCUT2D eigenvalue weighted by Gasteiger charge is 2.15. The number of rotatable bonds is 9. The molecule has 0 radical (unpaired) electrons. The third-order valence-corrected chi connectivity index (χ3v) is 8.03. The molecule has 0 saturated carbocycles. The molecular weight excluding hydrogens is 475 g/mol. The number of nitrogens with one attached hydrogen (secondary N) is 1. The van der Waals surface area contributed by atoms with Crippen molar-refractivity contribution < 1.29 is 12.8 Å². The maximum atomic E-state index is 13.5. The molecule has 0 amide bonds. The van der Waals surface area contributed by atoms with E-state index in [4.69, 9.17) is 0 Å². The fraction of sp³-hybridized carbons (Fsp3) is 0.207. The fourth-order valence-electron chi connectivity index (χ4n) is 4.80. The van der Waals surface area contributed by atoms with Crippen LogP contribution in [0.5, 0.6) is 0 Å². The number of nitrogens with zero attached hydrogens (tertiary/aromatic N) is 1. The molecule has 184 valence electrons. The maximum Gasteiger partial charge on any atom is 0.258 e. The van der Waals surface area contributed by atoms with Crippen molar-refractivity contribution in [2.45, 2.75) is 37.1 Å². The van der Waals surface area contributed by atoms with Crippen LogP contribution in [-0.4, -0.2) is 19.5 Å². The van der Waals surface area contributed by atoms with Crippen molar-refractivity contribution >= 4 is 42.5 Å². The molecule has 0 aliphatic heterocycles. The quantitative estimate of drug-likeness (QED) is 0.199. The Bertz CT molecular complexity index is 1730. The summed E-state index contributed by atoms with van der Waals surface area (Å²) >= 11 is 0. The van der Waals surface area contributed by atoms with Crippen LogP contribution in [0.1, 0.15) is 25.7 Å². The van der Waals surface area contributed by atoms with Gasteiger partial charge in [0.25, 0.3) is 5.56 Å². The number of sulfonamides is 1. The van der Waals surface area contributed by atoms with Gasteiger partial charge in [-0.3, -0.25) is 4.79 Å². The van der Waals surface area contributed by atoms with E-state index in [9.17, 15) is 17.6 Å². The van der Waals surface area contributed by atoms with Crippen LogP contribution in [-0.2, 0) is 16.6 Å². The van der Waals surface area contributed by atoms with Crippen LogP contribution in [0.15, 0.2) is 94.6 Å². The van der Waals surface area contributed by atoms with Crippen molar-refractivity contribution in [1.82, 2.24) is 9.29 Å². The highest BCUT2D eigenvalue weighted by molar-refractivity contribution is 7.89. The summed E-state index contributed by atoms with van der Waals surface area (Å²) < 4.78 is 42.4. The first-order valence-electron chi connectivity index (χ1n) is 12.1. The Morgan fingerprint density at radius 3 is 2.25 bits per heavy atom. The Morgan fingerprint density at radius 2 is 1.44 bits per heavy atom. The fourth-order valence-corrected chi connectivity index (χ4v) is 5.91. The van der Waals surface area contributed by atoms with Gasteiger partial charge in [0.1, 0.15) is 5.82 Å². The minimum Gasteiger partial charge on any atom is -0.307 e. The predicted octanol–water partition coefficient (Wildman–Crippen LogP) is 5.99. The number of hydrogen-bond donors (Lipinski definition) is 1. The van der Waals surface area contributed by atoms with E-state index in [1.807, 2.05) is 41.0 Å². The van der Waals surface area contributed by atoms with Crippen LogP contribution < -0.4 is 10.3 Å². The molecule has 0 aliphatic rings. The first kappa shape index (κ1) is 24.2. The molecule has 5 nitrogen and oxygen atoms in total. The molecular formula is C29H27FN2O3S. The molecule has 0 spiro atoms. The van der Waals surface area contributed by atoms with Gasteiger partial charge in [0.15, 0.2) is 0 Å². The topological polar surface area (TPSA) is 68.2 Å². The highest BCUT2D eigenvalue weighted by Crippen LogP contribution is 2.29. The number of pyridine rings is 1. The maximum absolute atomic E-state index is 13.5. The largest absolute Gasteiger partial charge is 0.307 e. The van der Waals surface area contributed by atoms with E-state index in [1.54, 1.807) is 0 Å². The van der Waals surface area contributed by atoms with E-state index in [1.165, 1.54) is 18.2 Å². The van der Waals surface area contributed by atoms with Gasteiger partial charge >= 0.3 is 0 Å². The van der Waals surface area contributed by atoms with Gasteiger partial charge in [-0.2, -0.15) is 0 Å². The molecule has 1 heterocycles. The van der Waals surface area contributed by atoms with Crippen LogP contribution >= 0.6 is 0 Å². The average Bonchev–Trinajstić information content (AvgIpc) is 2.89. The van der Waals surface area contributed by atoms with E-state index in [0.717, 1.165) is 52.4 Å². The molecule has 0 atom stereocenters. The molecule has 0 fully saturated rings. The second-order valence-corrected chi connectivity index (χ2v) is 10.7. The smallest absolute Gasteiger partial charge is 0.258 e. The Hall–Kier alpha value is -3.55. The van der Waals surface area contributed by atoms with Crippen molar-refractivity contribution in [2.24, 2.45) is 0 Å². The Balaban J connectivity index is 1.29. The molecule has 1 N–H and O–H groups in total. The third-order valence-electron chi connectivity index (χ3n) is 6.57. The van der Waals surface area contributed by atoms with Gasteiger partial charge < -0.3 is 4.57 Å². The van der Waals surface area contributed by atoms with Crippen LogP contribution in [0.4, 0.5) is 4.39 Å². The molecule has 0 bridgehead atoms. The summed E-state index contributed by atoms with van der Waals surface area (Å²) in [5.74, 6) is -0.581. The zero-order valence-corrected chi connectivity index (χ0v) is 20.6. The molecule has 5 aromatic rings. The Morgan fingerprint density at radius 1 is 0.722 bits per heavy atom. The lowest BCUT2D eigenvalue weighted by Crippen LogP contribution is -2.25. The number of halogens is 1. The van der Waals surface area contributed by atoms with Crippen LogP contribution in [0, 0.1) is 5.82 Å². The summed E-state index contributed by atoms with van der Waals surface area (Å²) in [7, 11) is -3.73.